The van der Waals surface area contributed by atoms with Crippen molar-refractivity contribution in [2.45, 2.75) is 13.5 Å². The summed E-state index contributed by atoms with van der Waals surface area (Å²) in [5.41, 5.74) is 2.52. The Balaban J connectivity index is 1.93. The number of carbonyl (C=O) groups is 2. The molecule has 0 N–H and O–H groups in total. The molecule has 0 aliphatic heterocycles. The number of quaternary nitrogens is 1. The number of hydrogen-bond donors (Lipinski definition) is 0. The zero-order valence-electron chi connectivity index (χ0n) is 15.6. The maximum Gasteiger partial charge on any atom is 0.330 e. The topological polar surface area (TPSA) is 43.4 Å². The minimum absolute atomic E-state index is 0.0294. The van der Waals surface area contributed by atoms with Crippen LogP contribution in [0, 0.1) is 0 Å². The standard InChI is InChI=1S/C22H26NO3/c1-4-8-21(24)26-16-15-23(2,3)17-18-11-13-20(14-12-18)22(25)19-9-6-5-7-10-19/h4-14H,15-17H2,1-3H3/q+1. The van der Waals surface area contributed by atoms with Crippen molar-refractivity contribution in [2.24, 2.45) is 0 Å². The van der Waals surface area contributed by atoms with E-state index in [4.69, 9.17) is 4.74 Å². The summed E-state index contributed by atoms with van der Waals surface area (Å²) in [6.07, 6.45) is 3.09. The number of hydrogen-bond acceptors (Lipinski definition) is 3. The summed E-state index contributed by atoms with van der Waals surface area (Å²) in [4.78, 5) is 23.8. The molecule has 0 aliphatic rings. The van der Waals surface area contributed by atoms with Gasteiger partial charge in [-0.2, -0.15) is 0 Å². The van der Waals surface area contributed by atoms with Gasteiger partial charge < -0.3 is 9.22 Å². The molecule has 4 nitrogen and oxygen atoms in total. The number of rotatable bonds is 8. The van der Waals surface area contributed by atoms with Crippen molar-refractivity contribution in [3.05, 3.63) is 83.4 Å². The average molecular weight is 352 g/mol. The number of likely N-dealkylation sites (N-methyl/N-ethyl adjacent to an activating group) is 1. The summed E-state index contributed by atoms with van der Waals surface area (Å²) in [6.45, 7) is 3.67. The van der Waals surface area contributed by atoms with Crippen molar-refractivity contribution in [3.63, 3.8) is 0 Å². The van der Waals surface area contributed by atoms with Gasteiger partial charge in [-0.05, 0) is 6.92 Å². The van der Waals surface area contributed by atoms with Gasteiger partial charge >= 0.3 is 5.97 Å². The van der Waals surface area contributed by atoms with Crippen LogP contribution in [0.15, 0.2) is 66.7 Å². The molecule has 0 saturated heterocycles. The first kappa shape index (κ1) is 19.6. The molecule has 136 valence electrons. The molecule has 0 fully saturated rings. The van der Waals surface area contributed by atoms with Gasteiger partial charge in [-0.25, -0.2) is 4.79 Å². The number of allylic oxidation sites excluding steroid dienone is 1. The highest BCUT2D eigenvalue weighted by molar-refractivity contribution is 6.08. The predicted octanol–water partition coefficient (Wildman–Crippen LogP) is 3.61. The van der Waals surface area contributed by atoms with Crippen LogP contribution in [0.5, 0.6) is 0 Å². The monoisotopic (exact) mass is 352 g/mol. The third-order valence-electron chi connectivity index (χ3n) is 4.11. The summed E-state index contributed by atoms with van der Waals surface area (Å²) in [5, 5.41) is 0. The molecule has 2 aromatic rings. The van der Waals surface area contributed by atoms with E-state index in [0.29, 0.717) is 28.8 Å². The van der Waals surface area contributed by atoms with Crippen LogP contribution in [-0.4, -0.2) is 43.5 Å². The van der Waals surface area contributed by atoms with Gasteiger partial charge in [-0.15, -0.1) is 0 Å². The lowest BCUT2D eigenvalue weighted by molar-refractivity contribution is -0.903. The zero-order valence-corrected chi connectivity index (χ0v) is 15.6. The highest BCUT2D eigenvalue weighted by Gasteiger charge is 2.17. The molecule has 0 bridgehead atoms. The second kappa shape index (κ2) is 9.11. The molecule has 2 rings (SSSR count). The molecule has 0 amide bonds. The Morgan fingerprint density at radius 3 is 2.19 bits per heavy atom. The van der Waals surface area contributed by atoms with Gasteiger partial charge in [0.15, 0.2) is 5.78 Å². The van der Waals surface area contributed by atoms with Crippen molar-refractivity contribution in [1.82, 2.24) is 0 Å². The van der Waals surface area contributed by atoms with Crippen molar-refractivity contribution in [2.75, 3.05) is 27.2 Å². The molecular weight excluding hydrogens is 326 g/mol. The fraction of sp³-hybridized carbons (Fsp3) is 0.273. The minimum atomic E-state index is -0.309. The van der Waals surface area contributed by atoms with Gasteiger partial charge in [0.2, 0.25) is 0 Å². The fourth-order valence-electron chi connectivity index (χ4n) is 2.67. The number of carbonyl (C=O) groups excluding carboxylic acids is 2. The van der Waals surface area contributed by atoms with Gasteiger partial charge in [0.05, 0.1) is 14.1 Å². The van der Waals surface area contributed by atoms with E-state index in [2.05, 4.69) is 14.1 Å². The Hall–Kier alpha value is -2.72. The normalized spacial score (nSPS) is 11.5. The van der Waals surface area contributed by atoms with Crippen molar-refractivity contribution >= 4 is 11.8 Å². The molecule has 0 atom stereocenters. The van der Waals surface area contributed by atoms with E-state index >= 15 is 0 Å². The largest absolute Gasteiger partial charge is 0.457 e. The number of esters is 1. The van der Waals surface area contributed by atoms with Crippen LogP contribution in [0.2, 0.25) is 0 Å². The van der Waals surface area contributed by atoms with Crippen LogP contribution < -0.4 is 0 Å². The smallest absolute Gasteiger partial charge is 0.330 e. The Morgan fingerprint density at radius 1 is 0.962 bits per heavy atom. The van der Waals surface area contributed by atoms with Crippen molar-refractivity contribution in [3.8, 4) is 0 Å². The maximum absolute atomic E-state index is 12.4. The van der Waals surface area contributed by atoms with Gasteiger partial charge in [0, 0.05) is 22.8 Å². The summed E-state index contributed by atoms with van der Waals surface area (Å²) >= 11 is 0. The number of nitrogens with zero attached hydrogens (tertiary/aromatic N) is 1. The molecular formula is C22H26NO3+. The summed E-state index contributed by atoms with van der Waals surface area (Å²) in [7, 11) is 4.18. The summed E-state index contributed by atoms with van der Waals surface area (Å²) in [6, 6.07) is 17.0. The Bertz CT molecular complexity index is 762. The molecule has 0 saturated carbocycles. The molecule has 0 radical (unpaired) electrons. The second-order valence-corrected chi connectivity index (χ2v) is 6.88. The van der Waals surface area contributed by atoms with Crippen LogP contribution in [0.4, 0.5) is 0 Å². The molecule has 0 spiro atoms. The average Bonchev–Trinajstić information content (AvgIpc) is 2.62. The van der Waals surface area contributed by atoms with Gasteiger partial charge in [-0.1, -0.05) is 60.7 Å². The van der Waals surface area contributed by atoms with Crippen molar-refractivity contribution < 1.29 is 18.8 Å². The highest BCUT2D eigenvalue weighted by Crippen LogP contribution is 2.14. The first-order chi connectivity index (χ1) is 12.4. The first-order valence-corrected chi connectivity index (χ1v) is 8.71. The van der Waals surface area contributed by atoms with E-state index in [1.165, 1.54) is 6.08 Å². The molecule has 2 aromatic carbocycles. The fourth-order valence-corrected chi connectivity index (χ4v) is 2.67. The van der Waals surface area contributed by atoms with Gasteiger partial charge in [-0.3, -0.25) is 4.79 Å². The Morgan fingerprint density at radius 2 is 1.58 bits per heavy atom. The lowest BCUT2D eigenvalue weighted by Crippen LogP contribution is -2.41. The van der Waals surface area contributed by atoms with E-state index in [9.17, 15) is 9.59 Å². The van der Waals surface area contributed by atoms with Crippen molar-refractivity contribution in [1.29, 1.82) is 0 Å². The number of benzene rings is 2. The van der Waals surface area contributed by atoms with E-state index in [1.54, 1.807) is 13.0 Å². The third kappa shape index (κ3) is 5.97. The number of ketones is 1. The highest BCUT2D eigenvalue weighted by atomic mass is 16.5. The third-order valence-corrected chi connectivity index (χ3v) is 4.11. The van der Waals surface area contributed by atoms with Crippen LogP contribution in [-0.2, 0) is 16.1 Å². The van der Waals surface area contributed by atoms with E-state index in [-0.39, 0.29) is 11.8 Å². The zero-order chi connectivity index (χ0) is 19.0. The quantitative estimate of drug-likeness (QED) is 0.315. The van der Waals surface area contributed by atoms with Crippen LogP contribution in [0.25, 0.3) is 0 Å². The molecule has 4 heteroatoms. The second-order valence-electron chi connectivity index (χ2n) is 6.88. The molecule has 0 aliphatic carbocycles. The number of ether oxygens (including phenoxy) is 1. The molecule has 0 heterocycles. The van der Waals surface area contributed by atoms with Crippen LogP contribution in [0.3, 0.4) is 0 Å². The van der Waals surface area contributed by atoms with E-state index in [0.717, 1.165) is 12.1 Å². The molecule has 0 unspecified atom stereocenters. The molecule has 26 heavy (non-hydrogen) atoms. The minimum Gasteiger partial charge on any atom is -0.457 e. The first-order valence-electron chi connectivity index (χ1n) is 8.71. The summed E-state index contributed by atoms with van der Waals surface area (Å²) in [5.74, 6) is -0.280. The lowest BCUT2D eigenvalue weighted by atomic mass is 10.0. The predicted molar refractivity (Wildman–Crippen MR) is 103 cm³/mol. The Labute approximate surface area is 155 Å². The van der Waals surface area contributed by atoms with E-state index in [1.807, 2.05) is 54.6 Å². The maximum atomic E-state index is 12.4. The van der Waals surface area contributed by atoms with E-state index < -0.39 is 0 Å². The lowest BCUT2D eigenvalue weighted by Gasteiger charge is -2.29. The Kier molecular flexibility index (Phi) is 6.87. The van der Waals surface area contributed by atoms with Crippen LogP contribution in [0.1, 0.15) is 28.4 Å². The molecule has 0 aromatic heterocycles. The summed E-state index contributed by atoms with van der Waals surface area (Å²) < 4.78 is 5.86. The van der Waals surface area contributed by atoms with Gasteiger partial charge in [0.25, 0.3) is 0 Å². The van der Waals surface area contributed by atoms with Gasteiger partial charge in [0.1, 0.15) is 19.7 Å². The SMILES string of the molecule is CC=CC(=O)OCC[N+](C)(C)Cc1ccc(C(=O)c2ccccc2)cc1. The van der Waals surface area contributed by atoms with Crippen LogP contribution >= 0.6 is 0 Å².